The second-order valence-electron chi connectivity index (χ2n) is 4.17. The summed E-state index contributed by atoms with van der Waals surface area (Å²) in [4.78, 5) is 24.1. The highest BCUT2D eigenvalue weighted by atomic mass is 16.5. The van der Waals surface area contributed by atoms with Gasteiger partial charge in [-0.3, -0.25) is 9.59 Å². The molecule has 1 amide bonds. The number of rotatable bonds is 6. The maximum atomic E-state index is 11.7. The van der Waals surface area contributed by atoms with E-state index in [9.17, 15) is 9.59 Å². The molecule has 0 aliphatic heterocycles. The Hall–Kier alpha value is -1.84. The fourth-order valence-corrected chi connectivity index (χ4v) is 1.62. The average Bonchev–Trinajstić information content (AvgIpc) is 2.31. The molecule has 0 aliphatic carbocycles. The molecule has 0 bridgehead atoms. The molecule has 1 rings (SSSR count). The largest absolute Gasteiger partial charge is 0.494 e. The van der Waals surface area contributed by atoms with Crippen molar-refractivity contribution in [2.45, 2.75) is 26.8 Å². The van der Waals surface area contributed by atoms with Gasteiger partial charge in [0, 0.05) is 19.2 Å². The lowest BCUT2D eigenvalue weighted by atomic mass is 10.2. The minimum atomic E-state index is -0.172. The van der Waals surface area contributed by atoms with Crippen LogP contribution < -0.4 is 4.74 Å². The summed E-state index contributed by atoms with van der Waals surface area (Å²) in [5, 5.41) is 0. The van der Waals surface area contributed by atoms with E-state index in [4.69, 9.17) is 4.74 Å². The summed E-state index contributed by atoms with van der Waals surface area (Å²) in [6, 6.07) is 7.59. The van der Waals surface area contributed by atoms with Crippen LogP contribution in [0.25, 0.3) is 0 Å². The van der Waals surface area contributed by atoms with Crippen LogP contribution in [0, 0.1) is 0 Å². The van der Waals surface area contributed by atoms with Crippen molar-refractivity contribution in [3.63, 3.8) is 0 Å². The predicted octanol–water partition coefficient (Wildman–Crippen LogP) is 2.02. The van der Waals surface area contributed by atoms with Gasteiger partial charge < -0.3 is 9.64 Å². The van der Waals surface area contributed by atoms with Crippen LogP contribution >= 0.6 is 0 Å². The molecule has 0 spiro atoms. The van der Waals surface area contributed by atoms with E-state index in [2.05, 4.69) is 0 Å². The molecular weight excluding hydrogens is 230 g/mol. The number of carbonyl (C=O) groups excluding carboxylic acids is 2. The van der Waals surface area contributed by atoms with E-state index >= 15 is 0 Å². The number of hydrogen-bond donors (Lipinski definition) is 0. The van der Waals surface area contributed by atoms with Gasteiger partial charge in [0.25, 0.3) is 0 Å². The van der Waals surface area contributed by atoms with Gasteiger partial charge in [-0.2, -0.15) is 0 Å². The Balaban J connectivity index is 2.71. The standard InChI is InChI=1S/C14H19NO3/c1-4-18-13-8-6-5-7-12(13)10-15(3)14(17)9-11(2)16/h5-8H,4,9-10H2,1-3H3. The lowest BCUT2D eigenvalue weighted by Crippen LogP contribution is -2.27. The molecule has 0 aromatic heterocycles. The van der Waals surface area contributed by atoms with Gasteiger partial charge in [-0.25, -0.2) is 0 Å². The monoisotopic (exact) mass is 249 g/mol. The van der Waals surface area contributed by atoms with Crippen molar-refractivity contribution in [3.05, 3.63) is 29.8 Å². The number of Topliss-reactive ketones (excluding diaryl/α,β-unsaturated/α-hetero) is 1. The van der Waals surface area contributed by atoms with Gasteiger partial charge in [0.15, 0.2) is 0 Å². The van der Waals surface area contributed by atoms with Gasteiger partial charge in [-0.05, 0) is 19.9 Å². The van der Waals surface area contributed by atoms with Crippen LogP contribution in [-0.2, 0) is 16.1 Å². The van der Waals surface area contributed by atoms with Crippen molar-refractivity contribution in [2.24, 2.45) is 0 Å². The minimum absolute atomic E-state index is 0.0483. The van der Waals surface area contributed by atoms with Crippen LogP contribution in [0.1, 0.15) is 25.8 Å². The van der Waals surface area contributed by atoms with Gasteiger partial charge >= 0.3 is 0 Å². The normalized spacial score (nSPS) is 9.94. The maximum absolute atomic E-state index is 11.7. The quantitative estimate of drug-likeness (QED) is 0.725. The number of ether oxygens (including phenoxy) is 1. The second kappa shape index (κ2) is 6.79. The highest BCUT2D eigenvalue weighted by Crippen LogP contribution is 2.19. The summed E-state index contributed by atoms with van der Waals surface area (Å²) in [5.74, 6) is 0.487. The Morgan fingerprint density at radius 2 is 1.94 bits per heavy atom. The fourth-order valence-electron chi connectivity index (χ4n) is 1.62. The van der Waals surface area contributed by atoms with E-state index in [0.717, 1.165) is 11.3 Å². The fraction of sp³-hybridized carbons (Fsp3) is 0.429. The van der Waals surface area contributed by atoms with Gasteiger partial charge in [0.05, 0.1) is 13.0 Å². The zero-order valence-corrected chi connectivity index (χ0v) is 11.1. The third kappa shape index (κ3) is 4.20. The lowest BCUT2D eigenvalue weighted by molar-refractivity contribution is -0.134. The van der Waals surface area contributed by atoms with E-state index < -0.39 is 0 Å². The minimum Gasteiger partial charge on any atom is -0.494 e. The Morgan fingerprint density at radius 1 is 1.28 bits per heavy atom. The number of hydrogen-bond acceptors (Lipinski definition) is 3. The van der Waals surface area contributed by atoms with Gasteiger partial charge in [0.1, 0.15) is 11.5 Å². The summed E-state index contributed by atoms with van der Waals surface area (Å²) >= 11 is 0. The summed E-state index contributed by atoms with van der Waals surface area (Å²) in [5.41, 5.74) is 0.943. The third-order valence-electron chi connectivity index (χ3n) is 2.51. The number of amides is 1. The van der Waals surface area contributed by atoms with Crippen molar-refractivity contribution in [3.8, 4) is 5.75 Å². The van der Waals surface area contributed by atoms with Crippen LogP contribution in [0.2, 0.25) is 0 Å². The lowest BCUT2D eigenvalue weighted by Gasteiger charge is -2.18. The second-order valence-corrected chi connectivity index (χ2v) is 4.17. The molecule has 0 unspecified atom stereocenters. The van der Waals surface area contributed by atoms with Gasteiger partial charge in [-0.1, -0.05) is 18.2 Å². The molecule has 0 saturated heterocycles. The van der Waals surface area contributed by atoms with E-state index in [1.807, 2.05) is 31.2 Å². The van der Waals surface area contributed by atoms with Crippen LogP contribution in [-0.4, -0.2) is 30.2 Å². The maximum Gasteiger partial charge on any atom is 0.230 e. The average molecular weight is 249 g/mol. The van der Waals surface area contributed by atoms with Crippen molar-refractivity contribution in [1.29, 1.82) is 0 Å². The molecule has 0 atom stereocenters. The first kappa shape index (κ1) is 14.2. The summed E-state index contributed by atoms with van der Waals surface area (Å²) in [6.45, 7) is 4.37. The van der Waals surface area contributed by atoms with Crippen molar-refractivity contribution < 1.29 is 14.3 Å². The molecule has 1 aromatic carbocycles. The van der Waals surface area contributed by atoms with Crippen molar-refractivity contribution in [1.82, 2.24) is 4.90 Å². The molecule has 4 heteroatoms. The van der Waals surface area contributed by atoms with Crippen molar-refractivity contribution in [2.75, 3.05) is 13.7 Å². The van der Waals surface area contributed by atoms with E-state index in [1.54, 1.807) is 11.9 Å². The highest BCUT2D eigenvalue weighted by molar-refractivity contribution is 5.96. The first-order valence-electron chi connectivity index (χ1n) is 5.98. The molecule has 0 aliphatic rings. The van der Waals surface area contributed by atoms with Gasteiger partial charge in [-0.15, -0.1) is 0 Å². The Kier molecular flexibility index (Phi) is 5.36. The number of carbonyl (C=O) groups is 2. The topological polar surface area (TPSA) is 46.6 Å². The predicted molar refractivity (Wildman–Crippen MR) is 69.4 cm³/mol. The van der Waals surface area contributed by atoms with E-state index in [-0.39, 0.29) is 18.1 Å². The van der Waals surface area contributed by atoms with Crippen LogP contribution in [0.3, 0.4) is 0 Å². The molecule has 0 radical (unpaired) electrons. The number of ketones is 1. The molecule has 0 saturated carbocycles. The molecular formula is C14H19NO3. The van der Waals surface area contributed by atoms with E-state index in [1.165, 1.54) is 6.92 Å². The summed E-state index contributed by atoms with van der Waals surface area (Å²) in [6.07, 6.45) is -0.0483. The first-order chi connectivity index (χ1) is 8.54. The molecule has 0 fully saturated rings. The molecule has 1 aromatic rings. The zero-order chi connectivity index (χ0) is 13.5. The molecule has 18 heavy (non-hydrogen) atoms. The number of nitrogens with zero attached hydrogens (tertiary/aromatic N) is 1. The highest BCUT2D eigenvalue weighted by Gasteiger charge is 2.13. The third-order valence-corrected chi connectivity index (χ3v) is 2.51. The number of para-hydroxylation sites is 1. The van der Waals surface area contributed by atoms with Crippen LogP contribution in [0.4, 0.5) is 0 Å². The van der Waals surface area contributed by atoms with Crippen LogP contribution in [0.5, 0.6) is 5.75 Å². The van der Waals surface area contributed by atoms with Gasteiger partial charge in [0.2, 0.25) is 5.91 Å². The SMILES string of the molecule is CCOc1ccccc1CN(C)C(=O)CC(C)=O. The van der Waals surface area contributed by atoms with Crippen LogP contribution in [0.15, 0.2) is 24.3 Å². The summed E-state index contributed by atoms with van der Waals surface area (Å²) < 4.78 is 5.49. The molecule has 0 N–H and O–H groups in total. The Labute approximate surface area is 108 Å². The zero-order valence-electron chi connectivity index (χ0n) is 11.1. The number of benzene rings is 1. The molecule has 4 nitrogen and oxygen atoms in total. The van der Waals surface area contributed by atoms with Crippen molar-refractivity contribution >= 4 is 11.7 Å². The smallest absolute Gasteiger partial charge is 0.230 e. The molecule has 98 valence electrons. The summed E-state index contributed by atoms with van der Waals surface area (Å²) in [7, 11) is 1.69. The van der Waals surface area contributed by atoms with E-state index in [0.29, 0.717) is 13.2 Å². The Bertz CT molecular complexity index is 429. The Morgan fingerprint density at radius 3 is 2.56 bits per heavy atom. The molecule has 0 heterocycles. The first-order valence-corrected chi connectivity index (χ1v) is 5.98.